The van der Waals surface area contributed by atoms with Gasteiger partial charge in [0.15, 0.2) is 0 Å². The highest BCUT2D eigenvalue weighted by atomic mass is 15.0. The van der Waals surface area contributed by atoms with Crippen LogP contribution in [-0.4, -0.2) is 18.3 Å². The minimum absolute atomic E-state index is 1.19. The molecule has 0 saturated carbocycles. The number of hydrogen-bond acceptors (Lipinski definition) is 0. The molecule has 0 saturated heterocycles. The molecule has 4 heteroatoms. The molecule has 0 aliphatic heterocycles. The largest absolute Gasteiger partial charge is 0.309 e. The quantitative estimate of drug-likeness (QED) is 0.144. The first kappa shape index (κ1) is 64.1. The predicted molar refractivity (Wildman–Crippen MR) is 444 cm³/mol. The predicted octanol–water partition coefficient (Wildman–Crippen LogP) is 27.0. The second-order valence-electron chi connectivity index (χ2n) is 27.1. The number of rotatable bonds is 8. The standard InChI is InChI=1S/4C25H19N/c1-18-8-7-9-19(16-18)20-14-15-25-23(17-20)22-12-5-6-13-24(22)26(25)21-10-3-2-4-11-21;1-18-9-5-6-12-21(18)19-15-16-25-23(17-19)22-13-7-8-14-24(22)26(25)20-10-3-2-4-11-20;1-18-14-16-19(17-15-18)21-11-7-13-24-25(21)22-10-5-6-12-23(22)26(24)20-8-3-2-4-9-20;1-18-11-13-19(14-12-18)20-15-16-25-23(17-20)22-9-5-6-10-24(22)26(25)21-7-3-2-4-8-21/h4*2-17H,1H3. The van der Waals surface area contributed by atoms with E-state index in [2.05, 4.69) is 434 Å². The van der Waals surface area contributed by atoms with Crippen LogP contribution in [0.25, 0.3) is 154 Å². The van der Waals surface area contributed by atoms with Crippen molar-refractivity contribution in [3.05, 3.63) is 411 Å². The van der Waals surface area contributed by atoms with Gasteiger partial charge in [0.2, 0.25) is 0 Å². The molecule has 0 amide bonds. The molecule has 20 rings (SSSR count). The van der Waals surface area contributed by atoms with E-state index in [1.54, 1.807) is 0 Å². The van der Waals surface area contributed by atoms with Crippen molar-refractivity contribution < 1.29 is 0 Å². The highest BCUT2D eigenvalue weighted by molar-refractivity contribution is 6.16. The fourth-order valence-electron chi connectivity index (χ4n) is 15.3. The van der Waals surface area contributed by atoms with E-state index < -0.39 is 0 Å². The second kappa shape index (κ2) is 28.0. The van der Waals surface area contributed by atoms with E-state index in [0.29, 0.717) is 0 Å². The molecule has 20 aromatic rings. The molecule has 496 valence electrons. The number of hydrogen-bond donors (Lipinski definition) is 0. The Kier molecular flexibility index (Phi) is 17.3. The summed E-state index contributed by atoms with van der Waals surface area (Å²) in [5, 5.41) is 10.4. The lowest BCUT2D eigenvalue weighted by Crippen LogP contribution is -1.92. The smallest absolute Gasteiger partial charge is 0.0547 e. The van der Waals surface area contributed by atoms with Crippen molar-refractivity contribution in [2.75, 3.05) is 0 Å². The van der Waals surface area contributed by atoms with E-state index in [1.807, 2.05) is 0 Å². The third kappa shape index (κ3) is 12.2. The molecule has 0 fully saturated rings. The van der Waals surface area contributed by atoms with Gasteiger partial charge in [0.1, 0.15) is 0 Å². The Morgan fingerprint density at radius 3 is 0.923 bits per heavy atom. The Morgan fingerprint density at radius 2 is 0.471 bits per heavy atom. The zero-order valence-electron chi connectivity index (χ0n) is 58.7. The maximum absolute atomic E-state index is 2.36. The summed E-state index contributed by atoms with van der Waals surface area (Å²) < 4.78 is 9.42. The number of benzene rings is 16. The van der Waals surface area contributed by atoms with Crippen LogP contribution >= 0.6 is 0 Å². The summed E-state index contributed by atoms with van der Waals surface area (Å²) in [6.07, 6.45) is 0. The highest BCUT2D eigenvalue weighted by Gasteiger charge is 2.19. The van der Waals surface area contributed by atoms with E-state index >= 15 is 0 Å². The summed E-state index contributed by atoms with van der Waals surface area (Å²) in [5.41, 5.74) is 30.1. The van der Waals surface area contributed by atoms with Crippen molar-refractivity contribution in [1.82, 2.24) is 18.3 Å². The van der Waals surface area contributed by atoms with Gasteiger partial charge >= 0.3 is 0 Å². The Morgan fingerprint density at radius 1 is 0.163 bits per heavy atom. The third-order valence-electron chi connectivity index (χ3n) is 20.3. The van der Waals surface area contributed by atoms with Crippen LogP contribution in [0.1, 0.15) is 22.3 Å². The van der Waals surface area contributed by atoms with Crippen LogP contribution in [-0.2, 0) is 0 Å². The number of para-hydroxylation sites is 8. The van der Waals surface area contributed by atoms with E-state index in [4.69, 9.17) is 0 Å². The average molecular weight is 1330 g/mol. The Bertz CT molecular complexity index is 6470. The lowest BCUT2D eigenvalue weighted by atomic mass is 9.99. The number of fused-ring (bicyclic) bond motifs is 12. The van der Waals surface area contributed by atoms with Crippen molar-refractivity contribution in [3.8, 4) is 67.3 Å². The molecular formula is C100H76N4. The maximum Gasteiger partial charge on any atom is 0.0547 e. The van der Waals surface area contributed by atoms with Crippen molar-refractivity contribution in [2.45, 2.75) is 27.7 Å². The monoisotopic (exact) mass is 1330 g/mol. The van der Waals surface area contributed by atoms with Gasteiger partial charge in [-0.25, -0.2) is 0 Å². The molecule has 0 atom stereocenters. The zero-order valence-corrected chi connectivity index (χ0v) is 58.7. The molecule has 0 N–H and O–H groups in total. The number of nitrogens with zero attached hydrogens (tertiary/aromatic N) is 4. The van der Waals surface area contributed by atoms with Crippen LogP contribution in [0.5, 0.6) is 0 Å². The van der Waals surface area contributed by atoms with E-state index in [1.165, 1.54) is 177 Å². The van der Waals surface area contributed by atoms with Gasteiger partial charge in [-0.3, -0.25) is 0 Å². The van der Waals surface area contributed by atoms with Gasteiger partial charge in [0, 0.05) is 65.8 Å². The van der Waals surface area contributed by atoms with Crippen LogP contribution in [0.2, 0.25) is 0 Å². The lowest BCUT2D eigenvalue weighted by molar-refractivity contribution is 1.18. The Balaban J connectivity index is 0.000000103. The summed E-state index contributed by atoms with van der Waals surface area (Å²) in [4.78, 5) is 0. The highest BCUT2D eigenvalue weighted by Crippen LogP contribution is 2.41. The van der Waals surface area contributed by atoms with Gasteiger partial charge in [0.05, 0.1) is 44.1 Å². The van der Waals surface area contributed by atoms with Crippen LogP contribution in [0, 0.1) is 27.7 Å². The van der Waals surface area contributed by atoms with Gasteiger partial charge in [-0.15, -0.1) is 0 Å². The van der Waals surface area contributed by atoms with E-state index in [0.717, 1.165) is 0 Å². The summed E-state index contributed by atoms with van der Waals surface area (Å²) in [6.45, 7) is 8.57. The molecule has 0 aliphatic carbocycles. The lowest BCUT2D eigenvalue weighted by Gasteiger charge is -2.09. The summed E-state index contributed by atoms with van der Waals surface area (Å²) in [6, 6.07) is 139. The normalized spacial score (nSPS) is 11.3. The summed E-state index contributed by atoms with van der Waals surface area (Å²) in [5.74, 6) is 0. The van der Waals surface area contributed by atoms with Crippen LogP contribution in [0.4, 0.5) is 0 Å². The molecule has 4 nitrogen and oxygen atoms in total. The minimum Gasteiger partial charge on any atom is -0.309 e. The van der Waals surface area contributed by atoms with Gasteiger partial charge in [0.25, 0.3) is 0 Å². The third-order valence-corrected chi connectivity index (χ3v) is 20.3. The molecule has 16 aromatic carbocycles. The molecule has 0 bridgehead atoms. The SMILES string of the molecule is Cc1ccc(-c2ccc3c(c2)c2ccccc2n3-c2ccccc2)cc1.Cc1ccc(-c2cccc3c2c2ccccc2n3-c2ccccc2)cc1.Cc1cccc(-c2ccc3c(c2)c2ccccc2n3-c2ccccc2)c1.Cc1ccccc1-c1ccc2c(c1)c1ccccc1n2-c1ccccc1. The average Bonchev–Trinajstić information content (AvgIpc) is 1.61. The summed E-state index contributed by atoms with van der Waals surface area (Å²) in [7, 11) is 0. The molecule has 104 heavy (non-hydrogen) atoms. The topological polar surface area (TPSA) is 19.7 Å². The molecular weight excluding hydrogens is 1260 g/mol. The Hall–Kier alpha value is -13.3. The van der Waals surface area contributed by atoms with Gasteiger partial charge in [-0.1, -0.05) is 290 Å². The van der Waals surface area contributed by atoms with Gasteiger partial charge in [-0.05, 0) is 193 Å². The first-order valence-corrected chi connectivity index (χ1v) is 35.9. The van der Waals surface area contributed by atoms with Crippen LogP contribution < -0.4 is 0 Å². The van der Waals surface area contributed by atoms with Crippen molar-refractivity contribution in [1.29, 1.82) is 0 Å². The van der Waals surface area contributed by atoms with E-state index in [9.17, 15) is 0 Å². The molecule has 0 unspecified atom stereocenters. The van der Waals surface area contributed by atoms with Crippen LogP contribution in [0.15, 0.2) is 388 Å². The maximum atomic E-state index is 2.36. The molecule has 0 spiro atoms. The Labute approximate surface area is 607 Å². The molecule has 4 heterocycles. The van der Waals surface area contributed by atoms with Gasteiger partial charge in [-0.2, -0.15) is 0 Å². The zero-order chi connectivity index (χ0) is 70.0. The van der Waals surface area contributed by atoms with Crippen molar-refractivity contribution in [3.63, 3.8) is 0 Å². The fraction of sp³-hybridized carbons (Fsp3) is 0.0400. The second-order valence-corrected chi connectivity index (χ2v) is 27.1. The van der Waals surface area contributed by atoms with Crippen molar-refractivity contribution >= 4 is 87.2 Å². The summed E-state index contributed by atoms with van der Waals surface area (Å²) >= 11 is 0. The van der Waals surface area contributed by atoms with E-state index in [-0.39, 0.29) is 0 Å². The number of aryl methyl sites for hydroxylation is 4. The molecule has 0 radical (unpaired) electrons. The molecule has 4 aromatic heterocycles. The minimum atomic E-state index is 1.19. The number of aromatic nitrogens is 4. The first-order chi connectivity index (χ1) is 51.3. The van der Waals surface area contributed by atoms with Gasteiger partial charge < -0.3 is 18.3 Å². The van der Waals surface area contributed by atoms with Crippen molar-refractivity contribution in [2.24, 2.45) is 0 Å². The fourth-order valence-corrected chi connectivity index (χ4v) is 15.3. The molecule has 0 aliphatic rings. The van der Waals surface area contributed by atoms with Crippen LogP contribution in [0.3, 0.4) is 0 Å². The first-order valence-electron chi connectivity index (χ1n) is 35.9.